The third kappa shape index (κ3) is 7.15. The number of aromatic nitrogens is 4. The van der Waals surface area contributed by atoms with E-state index in [4.69, 9.17) is 20.4 Å². The van der Waals surface area contributed by atoms with Crippen LogP contribution in [0.4, 0.5) is 13.2 Å². The first-order valence-electron chi connectivity index (χ1n) is 12.1. The number of nitrogens with zero attached hydrogens (tertiary/aromatic N) is 5. The van der Waals surface area contributed by atoms with Gasteiger partial charge in [-0.3, -0.25) is 14.4 Å². The average molecular weight is 602 g/mol. The lowest BCUT2D eigenvalue weighted by Crippen LogP contribution is -2.42. The van der Waals surface area contributed by atoms with Gasteiger partial charge in [-0.2, -0.15) is 18.3 Å². The number of aliphatic carboxylic acids is 3. The standard InChI is InChI=1S/C18H18F3N5OS.C6H8O7/c1-3-11-7-14(18(19,20)21)26-15(23-11)8-12(24-26)13-5-4-6-25(13)17(27)16-10(2)22-9-28-16;7-3(8)1-6(13,5(11)12)2-4(9)10/h7-9,13H,3-6H2,1-2H3;13H,1-2H2,(H,7,8)(H,9,10)(H,11,12). The summed E-state index contributed by atoms with van der Waals surface area (Å²) in [7, 11) is 0. The number of carbonyl (C=O) groups excluding carboxylic acids is 1. The second kappa shape index (κ2) is 12.2. The fraction of sp³-hybridized carbons (Fsp3) is 0.458. The van der Waals surface area contributed by atoms with Gasteiger partial charge in [-0.15, -0.1) is 11.3 Å². The highest BCUT2D eigenvalue weighted by atomic mass is 32.1. The SMILES string of the molecule is CCc1cc(C(F)(F)F)n2nc(C3CCCN3C(=O)c3scnc3C)cc2n1.O=C(O)CC(O)(CC(=O)O)C(=O)O. The first-order chi connectivity index (χ1) is 19.1. The topological polar surface area (TPSA) is 196 Å². The highest BCUT2D eigenvalue weighted by Crippen LogP contribution is 2.36. The van der Waals surface area contributed by atoms with E-state index >= 15 is 0 Å². The Kier molecular flexibility index (Phi) is 9.33. The molecule has 0 aliphatic carbocycles. The number of carboxylic acid groups (broad SMARTS) is 3. The van der Waals surface area contributed by atoms with Crippen LogP contribution in [0.2, 0.25) is 0 Å². The fourth-order valence-corrected chi connectivity index (χ4v) is 5.02. The first-order valence-corrected chi connectivity index (χ1v) is 13.0. The molecular weight excluding hydrogens is 575 g/mol. The molecule has 0 aromatic carbocycles. The van der Waals surface area contributed by atoms with E-state index in [0.717, 1.165) is 17.0 Å². The second-order valence-corrected chi connectivity index (χ2v) is 10.1. The molecule has 1 saturated heterocycles. The normalized spacial score (nSPS) is 15.5. The van der Waals surface area contributed by atoms with E-state index in [2.05, 4.69) is 15.1 Å². The number of carboxylic acids is 3. The van der Waals surface area contributed by atoms with Crippen molar-refractivity contribution in [2.24, 2.45) is 0 Å². The van der Waals surface area contributed by atoms with E-state index in [0.29, 0.717) is 41.3 Å². The third-order valence-electron chi connectivity index (χ3n) is 6.23. The largest absolute Gasteiger partial charge is 0.481 e. The molecule has 0 saturated carbocycles. The summed E-state index contributed by atoms with van der Waals surface area (Å²) in [6, 6.07) is 2.22. The average Bonchev–Trinajstić information content (AvgIpc) is 3.60. The van der Waals surface area contributed by atoms with Gasteiger partial charge in [0.1, 0.15) is 10.6 Å². The summed E-state index contributed by atoms with van der Waals surface area (Å²) in [5.41, 5.74) is -0.388. The molecule has 0 radical (unpaired) electrons. The summed E-state index contributed by atoms with van der Waals surface area (Å²) in [6.07, 6.45) is -5.03. The Morgan fingerprint density at radius 2 is 1.73 bits per heavy atom. The van der Waals surface area contributed by atoms with Crippen molar-refractivity contribution in [2.45, 2.75) is 63.8 Å². The Bertz CT molecular complexity index is 1460. The first kappa shape index (κ1) is 31.4. The van der Waals surface area contributed by atoms with E-state index in [1.54, 1.807) is 30.3 Å². The van der Waals surface area contributed by atoms with E-state index in [1.807, 2.05) is 0 Å². The van der Waals surface area contributed by atoms with Crippen LogP contribution in [-0.4, -0.2) is 80.9 Å². The van der Waals surface area contributed by atoms with Gasteiger partial charge in [0.2, 0.25) is 0 Å². The predicted octanol–water partition coefficient (Wildman–Crippen LogP) is 2.80. The number of amides is 1. The van der Waals surface area contributed by atoms with Crippen molar-refractivity contribution >= 4 is 40.8 Å². The van der Waals surface area contributed by atoms with Gasteiger partial charge < -0.3 is 25.3 Å². The molecule has 1 atom stereocenters. The number of fused-ring (bicyclic) bond motifs is 1. The van der Waals surface area contributed by atoms with Gasteiger partial charge in [-0.1, -0.05) is 6.92 Å². The Morgan fingerprint density at radius 3 is 2.22 bits per heavy atom. The molecule has 4 N–H and O–H groups in total. The molecule has 41 heavy (non-hydrogen) atoms. The van der Waals surface area contributed by atoms with E-state index in [1.165, 1.54) is 11.3 Å². The van der Waals surface area contributed by atoms with Crippen LogP contribution in [-0.2, 0) is 27.0 Å². The van der Waals surface area contributed by atoms with Crippen LogP contribution in [0.15, 0.2) is 17.6 Å². The van der Waals surface area contributed by atoms with E-state index < -0.39 is 48.2 Å². The van der Waals surface area contributed by atoms with Gasteiger partial charge in [0.15, 0.2) is 11.2 Å². The van der Waals surface area contributed by atoms with Crippen molar-refractivity contribution in [1.29, 1.82) is 0 Å². The fourth-order valence-electron chi connectivity index (χ4n) is 4.26. The molecule has 222 valence electrons. The van der Waals surface area contributed by atoms with Crippen molar-refractivity contribution in [1.82, 2.24) is 24.5 Å². The number of likely N-dealkylation sites (tertiary alicyclic amines) is 1. The number of rotatable bonds is 8. The molecule has 4 heterocycles. The minimum Gasteiger partial charge on any atom is -0.481 e. The Hall–Kier alpha value is -4.12. The highest BCUT2D eigenvalue weighted by molar-refractivity contribution is 7.11. The molecule has 1 aliphatic rings. The molecule has 1 fully saturated rings. The number of carbonyl (C=O) groups is 4. The van der Waals surface area contributed by atoms with Crippen LogP contribution in [0.5, 0.6) is 0 Å². The number of alkyl halides is 3. The number of aliphatic hydroxyl groups is 1. The van der Waals surface area contributed by atoms with Gasteiger partial charge in [0.05, 0.1) is 35.8 Å². The minimum absolute atomic E-state index is 0.148. The monoisotopic (exact) mass is 601 g/mol. The van der Waals surface area contributed by atoms with Crippen LogP contribution < -0.4 is 0 Å². The maximum Gasteiger partial charge on any atom is 0.433 e. The van der Waals surface area contributed by atoms with E-state index in [9.17, 15) is 32.3 Å². The maximum absolute atomic E-state index is 13.5. The summed E-state index contributed by atoms with van der Waals surface area (Å²) in [5, 5.41) is 38.0. The Morgan fingerprint density at radius 1 is 1.10 bits per heavy atom. The predicted molar refractivity (Wildman–Crippen MR) is 134 cm³/mol. The lowest BCUT2D eigenvalue weighted by atomic mass is 9.96. The summed E-state index contributed by atoms with van der Waals surface area (Å²) >= 11 is 1.27. The summed E-state index contributed by atoms with van der Waals surface area (Å²) in [5.74, 6) is -5.17. The molecule has 0 spiro atoms. The zero-order chi connectivity index (χ0) is 30.7. The Labute approximate surface area is 233 Å². The van der Waals surface area contributed by atoms with Crippen molar-refractivity contribution in [3.05, 3.63) is 45.3 Å². The van der Waals surface area contributed by atoms with Gasteiger partial charge in [-0.25, -0.2) is 19.3 Å². The molecule has 1 amide bonds. The zero-order valence-corrected chi connectivity index (χ0v) is 22.6. The molecule has 0 bridgehead atoms. The molecule has 1 unspecified atom stereocenters. The van der Waals surface area contributed by atoms with Crippen molar-refractivity contribution in [2.75, 3.05) is 6.54 Å². The van der Waals surface area contributed by atoms with Gasteiger partial charge in [0, 0.05) is 18.3 Å². The lowest BCUT2D eigenvalue weighted by molar-refractivity contribution is -0.170. The van der Waals surface area contributed by atoms with Gasteiger partial charge >= 0.3 is 24.1 Å². The van der Waals surface area contributed by atoms with Crippen LogP contribution in [0.1, 0.15) is 71.1 Å². The van der Waals surface area contributed by atoms with E-state index in [-0.39, 0.29) is 17.6 Å². The minimum atomic E-state index is -4.54. The second-order valence-electron chi connectivity index (χ2n) is 9.22. The highest BCUT2D eigenvalue weighted by Gasteiger charge is 2.41. The lowest BCUT2D eigenvalue weighted by Gasteiger charge is -2.22. The maximum atomic E-state index is 13.5. The summed E-state index contributed by atoms with van der Waals surface area (Å²) in [6.45, 7) is 4.06. The van der Waals surface area contributed by atoms with Crippen molar-refractivity contribution in [3.8, 4) is 0 Å². The molecule has 4 rings (SSSR count). The molecule has 17 heteroatoms. The zero-order valence-electron chi connectivity index (χ0n) is 21.8. The third-order valence-corrected chi connectivity index (χ3v) is 7.15. The van der Waals surface area contributed by atoms with Crippen molar-refractivity contribution < 1.29 is 52.8 Å². The number of aryl methyl sites for hydroxylation is 2. The van der Waals surface area contributed by atoms with Crippen LogP contribution in [0.3, 0.4) is 0 Å². The number of hydrogen-bond acceptors (Lipinski definition) is 9. The number of hydrogen-bond donors (Lipinski definition) is 4. The number of thiazole rings is 1. The van der Waals surface area contributed by atoms with Gasteiger partial charge in [0.25, 0.3) is 5.91 Å². The quantitative estimate of drug-likeness (QED) is 0.296. The molecular formula is C24H26F3N5O8S. The van der Waals surface area contributed by atoms with Crippen molar-refractivity contribution in [3.63, 3.8) is 0 Å². The van der Waals surface area contributed by atoms with Gasteiger partial charge in [-0.05, 0) is 32.3 Å². The Balaban J connectivity index is 0.000000302. The molecule has 13 nitrogen and oxygen atoms in total. The number of halogens is 3. The van der Waals surface area contributed by atoms with Crippen LogP contribution in [0.25, 0.3) is 5.65 Å². The summed E-state index contributed by atoms with van der Waals surface area (Å²) < 4.78 is 41.3. The summed E-state index contributed by atoms with van der Waals surface area (Å²) in [4.78, 5) is 54.0. The molecule has 1 aliphatic heterocycles. The molecule has 3 aromatic rings. The van der Waals surface area contributed by atoms with Crippen LogP contribution >= 0.6 is 11.3 Å². The smallest absolute Gasteiger partial charge is 0.433 e. The van der Waals surface area contributed by atoms with Crippen LogP contribution in [0, 0.1) is 6.92 Å². The molecule has 3 aromatic heterocycles.